The van der Waals surface area contributed by atoms with Crippen LogP contribution in [0.4, 0.5) is 0 Å². The lowest BCUT2D eigenvalue weighted by Crippen LogP contribution is -2.48. The number of allylic oxidation sites excluding steroid dienone is 3. The Bertz CT molecular complexity index is 281. The van der Waals surface area contributed by atoms with Crippen molar-refractivity contribution in [2.45, 2.75) is 12.5 Å². The fourth-order valence-electron chi connectivity index (χ4n) is 1.44. The Morgan fingerprint density at radius 3 is 2.69 bits per heavy atom. The van der Waals surface area contributed by atoms with Gasteiger partial charge < -0.3 is 11.5 Å². The number of hydrogen-bond acceptors (Lipinski definition) is 2. The van der Waals surface area contributed by atoms with E-state index in [1.54, 1.807) is 18.2 Å². The third-order valence-electron chi connectivity index (χ3n) is 2.40. The molecule has 0 spiro atoms. The van der Waals surface area contributed by atoms with Crippen LogP contribution in [0.2, 0.25) is 0 Å². The van der Waals surface area contributed by atoms with E-state index in [1.807, 2.05) is 12.2 Å². The molecule has 0 heterocycles. The van der Waals surface area contributed by atoms with Crippen molar-refractivity contribution in [1.29, 1.82) is 0 Å². The van der Waals surface area contributed by atoms with Crippen LogP contribution in [0.3, 0.4) is 0 Å². The molecule has 4 N–H and O–H groups in total. The van der Waals surface area contributed by atoms with Crippen LogP contribution in [-0.4, -0.2) is 11.9 Å². The summed E-state index contributed by atoms with van der Waals surface area (Å²) in [5.74, 6) is -0.402. The summed E-state index contributed by atoms with van der Waals surface area (Å²) in [5, 5.41) is 0. The molecule has 3 nitrogen and oxygen atoms in total. The number of amides is 1. The summed E-state index contributed by atoms with van der Waals surface area (Å²) in [5.41, 5.74) is 10.3. The Labute approximate surface area is 77.8 Å². The molecule has 3 heteroatoms. The zero-order valence-electron chi connectivity index (χ0n) is 7.44. The molecule has 0 aromatic rings. The molecule has 0 aliphatic heterocycles. The summed E-state index contributed by atoms with van der Waals surface area (Å²) in [4.78, 5) is 11.3. The van der Waals surface area contributed by atoms with Gasteiger partial charge in [0, 0.05) is 6.04 Å². The molecule has 70 valence electrons. The highest BCUT2D eigenvalue weighted by molar-refractivity contribution is 5.84. The molecule has 2 atom stereocenters. The van der Waals surface area contributed by atoms with E-state index in [0.717, 1.165) is 0 Å². The molecule has 0 aromatic heterocycles. The van der Waals surface area contributed by atoms with E-state index in [0.29, 0.717) is 6.42 Å². The van der Waals surface area contributed by atoms with Crippen molar-refractivity contribution >= 4 is 5.91 Å². The van der Waals surface area contributed by atoms with E-state index in [1.165, 1.54) is 0 Å². The largest absolute Gasteiger partial charge is 0.369 e. The molecule has 0 saturated carbocycles. The summed E-state index contributed by atoms with van der Waals surface area (Å²) >= 11 is 0. The van der Waals surface area contributed by atoms with Crippen LogP contribution in [-0.2, 0) is 4.79 Å². The maximum absolute atomic E-state index is 11.3. The van der Waals surface area contributed by atoms with Crippen molar-refractivity contribution in [3.8, 4) is 0 Å². The second kappa shape index (κ2) is 3.58. The van der Waals surface area contributed by atoms with Gasteiger partial charge >= 0.3 is 0 Å². The van der Waals surface area contributed by atoms with Crippen LogP contribution in [0, 0.1) is 5.41 Å². The number of rotatable bonds is 3. The number of hydrogen-bond donors (Lipinski definition) is 2. The Morgan fingerprint density at radius 1 is 1.62 bits per heavy atom. The van der Waals surface area contributed by atoms with Crippen molar-refractivity contribution in [3.05, 3.63) is 37.0 Å². The predicted molar refractivity (Wildman–Crippen MR) is 52.7 cm³/mol. The van der Waals surface area contributed by atoms with Gasteiger partial charge in [0.1, 0.15) is 0 Å². The SMILES string of the molecule is C=CC(N)C1(C(N)=O)C=CC=CC1. The van der Waals surface area contributed by atoms with Gasteiger partial charge in [0.2, 0.25) is 5.91 Å². The second-order valence-electron chi connectivity index (χ2n) is 3.16. The summed E-state index contributed by atoms with van der Waals surface area (Å²) in [7, 11) is 0. The molecule has 0 saturated heterocycles. The van der Waals surface area contributed by atoms with E-state index >= 15 is 0 Å². The third kappa shape index (κ3) is 1.55. The molecule has 0 bridgehead atoms. The first kappa shape index (κ1) is 9.74. The quantitative estimate of drug-likeness (QED) is 0.617. The normalized spacial score (nSPS) is 28.4. The van der Waals surface area contributed by atoms with Gasteiger partial charge in [-0.05, 0) is 6.42 Å². The lowest BCUT2D eigenvalue weighted by atomic mass is 9.75. The molecule has 0 radical (unpaired) electrons. The lowest BCUT2D eigenvalue weighted by molar-refractivity contribution is -0.125. The van der Waals surface area contributed by atoms with Crippen molar-refractivity contribution in [2.75, 3.05) is 0 Å². The van der Waals surface area contributed by atoms with Crippen molar-refractivity contribution in [1.82, 2.24) is 0 Å². The fraction of sp³-hybridized carbons (Fsp3) is 0.300. The van der Waals surface area contributed by atoms with Crippen molar-refractivity contribution in [2.24, 2.45) is 16.9 Å². The zero-order valence-corrected chi connectivity index (χ0v) is 7.44. The van der Waals surface area contributed by atoms with E-state index in [-0.39, 0.29) is 0 Å². The topological polar surface area (TPSA) is 69.1 Å². The van der Waals surface area contributed by atoms with Gasteiger partial charge in [0.25, 0.3) is 0 Å². The van der Waals surface area contributed by atoms with Gasteiger partial charge in [0.05, 0.1) is 5.41 Å². The smallest absolute Gasteiger partial charge is 0.229 e. The van der Waals surface area contributed by atoms with Crippen LogP contribution < -0.4 is 11.5 Å². The molecule has 1 rings (SSSR count). The Kier molecular flexibility index (Phi) is 2.68. The Morgan fingerprint density at radius 2 is 2.31 bits per heavy atom. The van der Waals surface area contributed by atoms with Gasteiger partial charge in [-0.25, -0.2) is 0 Å². The fourth-order valence-corrected chi connectivity index (χ4v) is 1.44. The molecule has 0 fully saturated rings. The zero-order chi connectivity index (χ0) is 9.90. The molecule has 13 heavy (non-hydrogen) atoms. The average Bonchev–Trinajstić information content (AvgIpc) is 2.17. The van der Waals surface area contributed by atoms with E-state index < -0.39 is 17.4 Å². The Balaban J connectivity index is 3.01. The maximum atomic E-state index is 11.3. The van der Waals surface area contributed by atoms with E-state index in [4.69, 9.17) is 11.5 Å². The van der Waals surface area contributed by atoms with Crippen LogP contribution in [0.15, 0.2) is 37.0 Å². The van der Waals surface area contributed by atoms with Gasteiger partial charge in [-0.2, -0.15) is 0 Å². The summed E-state index contributed by atoms with van der Waals surface area (Å²) < 4.78 is 0. The number of carbonyl (C=O) groups is 1. The number of carbonyl (C=O) groups excluding carboxylic acids is 1. The average molecular weight is 178 g/mol. The minimum atomic E-state index is -0.781. The molecular weight excluding hydrogens is 164 g/mol. The Hall–Kier alpha value is -1.35. The van der Waals surface area contributed by atoms with Gasteiger partial charge in [-0.1, -0.05) is 30.4 Å². The summed E-state index contributed by atoms with van der Waals surface area (Å²) in [6.45, 7) is 3.57. The highest BCUT2D eigenvalue weighted by atomic mass is 16.1. The molecule has 1 aliphatic carbocycles. The highest BCUT2D eigenvalue weighted by Crippen LogP contribution is 2.30. The monoisotopic (exact) mass is 178 g/mol. The first-order valence-electron chi connectivity index (χ1n) is 4.16. The van der Waals surface area contributed by atoms with E-state index in [2.05, 4.69) is 6.58 Å². The summed E-state index contributed by atoms with van der Waals surface area (Å²) in [6.07, 6.45) is 9.39. The molecule has 2 unspecified atom stereocenters. The number of primary amides is 1. The lowest BCUT2D eigenvalue weighted by Gasteiger charge is -2.31. The minimum absolute atomic E-state index is 0.402. The molecule has 0 aromatic carbocycles. The number of nitrogens with two attached hydrogens (primary N) is 2. The van der Waals surface area contributed by atoms with Crippen molar-refractivity contribution < 1.29 is 4.79 Å². The second-order valence-corrected chi connectivity index (χ2v) is 3.16. The van der Waals surface area contributed by atoms with Gasteiger partial charge in [0.15, 0.2) is 0 Å². The van der Waals surface area contributed by atoms with Crippen molar-refractivity contribution in [3.63, 3.8) is 0 Å². The predicted octanol–water partition coefficient (Wildman–Crippen LogP) is 0.487. The van der Waals surface area contributed by atoms with Crippen LogP contribution in [0.1, 0.15) is 6.42 Å². The highest BCUT2D eigenvalue weighted by Gasteiger charge is 2.38. The van der Waals surface area contributed by atoms with Crippen LogP contribution >= 0.6 is 0 Å². The first-order valence-corrected chi connectivity index (χ1v) is 4.16. The molecular formula is C10H14N2O. The third-order valence-corrected chi connectivity index (χ3v) is 2.40. The maximum Gasteiger partial charge on any atom is 0.229 e. The molecule has 1 aliphatic rings. The summed E-state index contributed by atoms with van der Waals surface area (Å²) in [6, 6.07) is -0.425. The standard InChI is InChI=1S/C10H14N2O/c1-2-8(11)10(9(12)13)6-4-3-5-7-10/h2-6,8H,1,7,11H2,(H2,12,13). The minimum Gasteiger partial charge on any atom is -0.369 e. The first-order chi connectivity index (χ1) is 6.13. The van der Waals surface area contributed by atoms with Crippen LogP contribution in [0.25, 0.3) is 0 Å². The molecule has 1 amide bonds. The van der Waals surface area contributed by atoms with Crippen LogP contribution in [0.5, 0.6) is 0 Å². The van der Waals surface area contributed by atoms with Gasteiger partial charge in [-0.15, -0.1) is 6.58 Å². The van der Waals surface area contributed by atoms with E-state index in [9.17, 15) is 4.79 Å². The van der Waals surface area contributed by atoms with Gasteiger partial charge in [-0.3, -0.25) is 4.79 Å².